The van der Waals surface area contributed by atoms with Gasteiger partial charge in [0, 0.05) is 24.3 Å². The van der Waals surface area contributed by atoms with Crippen LogP contribution in [0.4, 0.5) is 11.5 Å². The van der Waals surface area contributed by atoms with E-state index in [2.05, 4.69) is 52.2 Å². The minimum atomic E-state index is -0.112. The van der Waals surface area contributed by atoms with Crippen LogP contribution in [0, 0.1) is 13.8 Å². The quantitative estimate of drug-likeness (QED) is 0.921. The molecular weight excluding hydrogens is 288 g/mol. The first-order valence-corrected chi connectivity index (χ1v) is 8.07. The van der Waals surface area contributed by atoms with E-state index in [-0.39, 0.29) is 5.91 Å². The van der Waals surface area contributed by atoms with Gasteiger partial charge in [0.05, 0.1) is 0 Å². The first-order chi connectivity index (χ1) is 11.1. The van der Waals surface area contributed by atoms with Crippen molar-refractivity contribution in [2.24, 2.45) is 0 Å². The highest BCUT2D eigenvalue weighted by molar-refractivity contribution is 5.93. The van der Waals surface area contributed by atoms with Crippen LogP contribution in [-0.2, 0) is 0 Å². The monoisotopic (exact) mass is 310 g/mol. The van der Waals surface area contributed by atoms with E-state index in [9.17, 15) is 4.79 Å². The highest BCUT2D eigenvalue weighted by atomic mass is 16.2. The molecule has 1 N–H and O–H groups in total. The zero-order valence-electron chi connectivity index (χ0n) is 13.8. The fourth-order valence-electron chi connectivity index (χ4n) is 2.57. The van der Waals surface area contributed by atoms with Crippen molar-refractivity contribution in [3.05, 3.63) is 47.4 Å². The zero-order valence-corrected chi connectivity index (χ0v) is 13.8. The van der Waals surface area contributed by atoms with Crippen molar-refractivity contribution in [2.75, 3.05) is 11.4 Å². The Morgan fingerprint density at radius 1 is 1.26 bits per heavy atom. The van der Waals surface area contributed by atoms with Gasteiger partial charge in [0.1, 0.15) is 17.3 Å². The number of benzene rings is 1. The molecule has 3 rings (SSSR count). The summed E-state index contributed by atoms with van der Waals surface area (Å²) in [6.07, 6.45) is 2.13. The average Bonchev–Trinajstić information content (AvgIpc) is 3.31. The Morgan fingerprint density at radius 3 is 2.70 bits per heavy atom. The van der Waals surface area contributed by atoms with Crippen molar-refractivity contribution in [1.29, 1.82) is 0 Å². The van der Waals surface area contributed by atoms with Gasteiger partial charge in [-0.15, -0.1) is 0 Å². The molecule has 2 aromatic rings. The molecule has 0 radical (unpaired) electrons. The van der Waals surface area contributed by atoms with Crippen molar-refractivity contribution in [2.45, 2.75) is 39.7 Å². The summed E-state index contributed by atoms with van der Waals surface area (Å²) in [7, 11) is 0. The first-order valence-electron chi connectivity index (χ1n) is 8.07. The van der Waals surface area contributed by atoms with Crippen LogP contribution in [0.3, 0.4) is 0 Å². The SMILES string of the molecule is CCN(c1cccc(C)c1)c1cc(C(=O)NC2CC2)nc(C)n1. The van der Waals surface area contributed by atoms with Crippen LogP contribution in [0.2, 0.25) is 0 Å². The van der Waals surface area contributed by atoms with Crippen LogP contribution in [0.1, 0.15) is 41.6 Å². The second kappa shape index (κ2) is 6.36. The second-order valence-corrected chi connectivity index (χ2v) is 5.99. The molecule has 0 bridgehead atoms. The third kappa shape index (κ3) is 3.67. The Hall–Kier alpha value is -2.43. The lowest BCUT2D eigenvalue weighted by atomic mass is 10.2. The molecule has 5 heteroatoms. The third-order valence-corrected chi connectivity index (χ3v) is 3.88. The number of rotatable bonds is 5. The summed E-state index contributed by atoms with van der Waals surface area (Å²) in [5.74, 6) is 1.25. The molecule has 1 heterocycles. The highest BCUT2D eigenvalue weighted by Gasteiger charge is 2.25. The van der Waals surface area contributed by atoms with Crippen LogP contribution in [0.25, 0.3) is 0 Å². The van der Waals surface area contributed by atoms with Gasteiger partial charge in [0.15, 0.2) is 0 Å². The van der Waals surface area contributed by atoms with E-state index in [1.807, 2.05) is 13.0 Å². The van der Waals surface area contributed by atoms with E-state index >= 15 is 0 Å². The molecule has 1 aliphatic carbocycles. The Kier molecular flexibility index (Phi) is 4.28. The van der Waals surface area contributed by atoms with Crippen LogP contribution in [0.15, 0.2) is 30.3 Å². The van der Waals surface area contributed by atoms with Gasteiger partial charge in [-0.3, -0.25) is 4.79 Å². The van der Waals surface area contributed by atoms with Gasteiger partial charge >= 0.3 is 0 Å². The van der Waals surface area contributed by atoms with E-state index in [0.29, 0.717) is 17.6 Å². The lowest BCUT2D eigenvalue weighted by Crippen LogP contribution is -2.27. The van der Waals surface area contributed by atoms with Crippen LogP contribution in [0.5, 0.6) is 0 Å². The molecule has 1 amide bonds. The second-order valence-electron chi connectivity index (χ2n) is 5.99. The Morgan fingerprint density at radius 2 is 2.04 bits per heavy atom. The zero-order chi connectivity index (χ0) is 16.4. The summed E-state index contributed by atoms with van der Waals surface area (Å²) < 4.78 is 0. The number of carbonyl (C=O) groups is 1. The van der Waals surface area contributed by atoms with Gasteiger partial charge < -0.3 is 10.2 Å². The minimum absolute atomic E-state index is 0.112. The van der Waals surface area contributed by atoms with Crippen molar-refractivity contribution in [3.8, 4) is 0 Å². The summed E-state index contributed by atoms with van der Waals surface area (Å²) >= 11 is 0. The summed E-state index contributed by atoms with van der Waals surface area (Å²) in [4.78, 5) is 23.2. The molecule has 0 saturated heterocycles. The number of aryl methyl sites for hydroxylation is 2. The van der Waals surface area contributed by atoms with Crippen molar-refractivity contribution in [1.82, 2.24) is 15.3 Å². The van der Waals surface area contributed by atoms with Gasteiger partial charge in [0.2, 0.25) is 0 Å². The Balaban J connectivity index is 1.93. The summed E-state index contributed by atoms with van der Waals surface area (Å²) in [6.45, 7) is 6.73. The minimum Gasteiger partial charge on any atom is -0.348 e. The third-order valence-electron chi connectivity index (χ3n) is 3.88. The van der Waals surface area contributed by atoms with Gasteiger partial charge in [-0.05, 0) is 51.3 Å². The number of nitrogens with zero attached hydrogens (tertiary/aromatic N) is 3. The maximum Gasteiger partial charge on any atom is 0.270 e. The van der Waals surface area contributed by atoms with Gasteiger partial charge in [-0.25, -0.2) is 9.97 Å². The number of carbonyl (C=O) groups excluding carboxylic acids is 1. The molecule has 1 saturated carbocycles. The predicted molar refractivity (Wildman–Crippen MR) is 91.1 cm³/mol. The fraction of sp³-hybridized carbons (Fsp3) is 0.389. The molecule has 0 spiro atoms. The van der Waals surface area contributed by atoms with E-state index in [0.717, 1.165) is 30.9 Å². The lowest BCUT2D eigenvalue weighted by molar-refractivity contribution is 0.0945. The van der Waals surface area contributed by atoms with Gasteiger partial charge in [0.25, 0.3) is 5.91 Å². The number of hydrogen-bond acceptors (Lipinski definition) is 4. The average molecular weight is 310 g/mol. The maximum absolute atomic E-state index is 12.3. The molecule has 5 nitrogen and oxygen atoms in total. The molecule has 1 aliphatic rings. The van der Waals surface area contributed by atoms with Crippen LogP contribution >= 0.6 is 0 Å². The first kappa shape index (κ1) is 15.5. The molecule has 0 unspecified atom stereocenters. The molecule has 1 aromatic carbocycles. The molecular formula is C18H22N4O. The maximum atomic E-state index is 12.3. The van der Waals surface area contributed by atoms with Crippen LogP contribution in [-0.4, -0.2) is 28.5 Å². The number of anilines is 2. The number of nitrogens with one attached hydrogen (secondary N) is 1. The highest BCUT2D eigenvalue weighted by Crippen LogP contribution is 2.25. The van der Waals surface area contributed by atoms with E-state index in [4.69, 9.17) is 0 Å². The number of aromatic nitrogens is 2. The number of hydrogen-bond donors (Lipinski definition) is 1. The topological polar surface area (TPSA) is 58.1 Å². The Bertz CT molecular complexity index is 725. The van der Waals surface area contributed by atoms with E-state index in [1.54, 1.807) is 6.07 Å². The molecule has 0 aliphatic heterocycles. The van der Waals surface area contributed by atoms with Crippen molar-refractivity contribution >= 4 is 17.4 Å². The molecule has 1 fully saturated rings. The Labute approximate surface area is 136 Å². The lowest BCUT2D eigenvalue weighted by Gasteiger charge is -2.23. The van der Waals surface area contributed by atoms with Gasteiger partial charge in [-0.2, -0.15) is 0 Å². The molecule has 23 heavy (non-hydrogen) atoms. The molecule has 1 aromatic heterocycles. The standard InChI is InChI=1S/C18H22N4O/c1-4-22(15-7-5-6-12(2)10-15)17-11-16(19-13(3)20-17)18(23)21-14-8-9-14/h5-7,10-11,14H,4,8-9H2,1-3H3,(H,21,23). The summed E-state index contributed by atoms with van der Waals surface area (Å²) in [5.41, 5.74) is 2.70. The van der Waals surface area contributed by atoms with E-state index in [1.165, 1.54) is 5.56 Å². The number of amides is 1. The summed E-state index contributed by atoms with van der Waals surface area (Å²) in [5, 5.41) is 2.98. The molecule has 120 valence electrons. The smallest absolute Gasteiger partial charge is 0.270 e. The normalized spacial score (nSPS) is 13.7. The summed E-state index contributed by atoms with van der Waals surface area (Å²) in [6, 6.07) is 10.4. The van der Waals surface area contributed by atoms with Crippen LogP contribution < -0.4 is 10.2 Å². The molecule has 0 atom stereocenters. The fourth-order valence-corrected chi connectivity index (χ4v) is 2.57. The van der Waals surface area contributed by atoms with Crippen molar-refractivity contribution < 1.29 is 4.79 Å². The predicted octanol–water partition coefficient (Wildman–Crippen LogP) is 3.14. The van der Waals surface area contributed by atoms with Crippen molar-refractivity contribution in [3.63, 3.8) is 0 Å². The van der Waals surface area contributed by atoms with Gasteiger partial charge in [-0.1, -0.05) is 12.1 Å². The largest absolute Gasteiger partial charge is 0.348 e. The van der Waals surface area contributed by atoms with E-state index < -0.39 is 0 Å².